The normalized spacial score (nSPS) is 16.9. The number of hydrogen-bond acceptors (Lipinski definition) is 4. The summed E-state index contributed by atoms with van der Waals surface area (Å²) >= 11 is 1.51. The summed E-state index contributed by atoms with van der Waals surface area (Å²) in [6, 6.07) is 9.65. The Balaban J connectivity index is 1.70. The smallest absolute Gasteiger partial charge is 0.326 e. The van der Waals surface area contributed by atoms with Crippen LogP contribution in [0.25, 0.3) is 0 Å². The Morgan fingerprint density at radius 3 is 2.77 bits per heavy atom. The summed E-state index contributed by atoms with van der Waals surface area (Å²) in [5, 5.41) is 14.1. The standard InChI is InChI=1S/C19H20N2O4S/c22-17(12-15-7-4-10-26-15)20-14-6-3-5-13(11-14)18(23)21-9-2-1-8-16(21)19(24)25/h3-7,10-11,16H,1-2,8-9,12H2,(H,20,22)(H,24,25). The highest BCUT2D eigenvalue weighted by Crippen LogP contribution is 2.21. The molecule has 2 aromatic rings. The first-order chi connectivity index (χ1) is 12.5. The van der Waals surface area contributed by atoms with Crippen molar-refractivity contribution >= 4 is 34.8 Å². The van der Waals surface area contributed by atoms with E-state index in [2.05, 4.69) is 5.32 Å². The second kappa shape index (κ2) is 8.14. The van der Waals surface area contributed by atoms with Crippen LogP contribution >= 0.6 is 11.3 Å². The number of likely N-dealkylation sites (tertiary alicyclic amines) is 1. The van der Waals surface area contributed by atoms with Gasteiger partial charge < -0.3 is 15.3 Å². The molecule has 26 heavy (non-hydrogen) atoms. The van der Waals surface area contributed by atoms with E-state index in [1.807, 2.05) is 17.5 Å². The van der Waals surface area contributed by atoms with Gasteiger partial charge in [0.15, 0.2) is 0 Å². The lowest BCUT2D eigenvalue weighted by molar-refractivity contribution is -0.143. The van der Waals surface area contributed by atoms with E-state index in [-0.39, 0.29) is 18.2 Å². The summed E-state index contributed by atoms with van der Waals surface area (Å²) in [5.74, 6) is -1.44. The minimum Gasteiger partial charge on any atom is -0.480 e. The van der Waals surface area contributed by atoms with E-state index in [9.17, 15) is 19.5 Å². The summed E-state index contributed by atoms with van der Waals surface area (Å²) in [6.45, 7) is 0.435. The molecule has 0 aliphatic carbocycles. The number of carbonyl (C=O) groups is 3. The van der Waals surface area contributed by atoms with Crippen LogP contribution in [0.3, 0.4) is 0 Å². The van der Waals surface area contributed by atoms with Gasteiger partial charge >= 0.3 is 5.97 Å². The van der Waals surface area contributed by atoms with E-state index in [0.717, 1.165) is 17.7 Å². The van der Waals surface area contributed by atoms with Gasteiger partial charge in [0.2, 0.25) is 5.91 Å². The Bertz CT molecular complexity index is 804. The Morgan fingerprint density at radius 2 is 2.04 bits per heavy atom. The van der Waals surface area contributed by atoms with E-state index < -0.39 is 12.0 Å². The molecule has 2 heterocycles. The first-order valence-electron chi connectivity index (χ1n) is 8.50. The van der Waals surface area contributed by atoms with E-state index >= 15 is 0 Å². The lowest BCUT2D eigenvalue weighted by Crippen LogP contribution is -2.48. The maximum absolute atomic E-state index is 12.8. The molecular weight excluding hydrogens is 352 g/mol. The van der Waals surface area contributed by atoms with Crippen LogP contribution in [-0.2, 0) is 16.0 Å². The van der Waals surface area contributed by atoms with E-state index in [0.29, 0.717) is 24.2 Å². The fraction of sp³-hybridized carbons (Fsp3) is 0.316. The topological polar surface area (TPSA) is 86.7 Å². The number of amides is 2. The highest BCUT2D eigenvalue weighted by Gasteiger charge is 2.32. The van der Waals surface area contributed by atoms with Crippen LogP contribution in [0.5, 0.6) is 0 Å². The third-order valence-corrected chi connectivity index (χ3v) is 5.23. The molecule has 6 nitrogen and oxygen atoms in total. The van der Waals surface area contributed by atoms with Gasteiger partial charge in [-0.15, -0.1) is 11.3 Å². The molecule has 0 bridgehead atoms. The summed E-state index contributed by atoms with van der Waals surface area (Å²) < 4.78 is 0. The summed E-state index contributed by atoms with van der Waals surface area (Å²) in [4.78, 5) is 38.7. The molecule has 2 N–H and O–H groups in total. The molecule has 1 saturated heterocycles. The van der Waals surface area contributed by atoms with Crippen LogP contribution in [0.2, 0.25) is 0 Å². The van der Waals surface area contributed by atoms with Gasteiger partial charge in [0.25, 0.3) is 5.91 Å². The van der Waals surface area contributed by atoms with Gasteiger partial charge in [-0.3, -0.25) is 9.59 Å². The molecule has 0 spiro atoms. The van der Waals surface area contributed by atoms with E-state index in [4.69, 9.17) is 0 Å². The number of carbonyl (C=O) groups excluding carboxylic acids is 2. The second-order valence-corrected chi connectivity index (χ2v) is 7.27. The van der Waals surface area contributed by atoms with Crippen molar-refractivity contribution in [2.75, 3.05) is 11.9 Å². The number of carboxylic acids is 1. The van der Waals surface area contributed by atoms with Crippen molar-refractivity contribution in [1.29, 1.82) is 0 Å². The molecule has 1 aliphatic heterocycles. The number of anilines is 1. The van der Waals surface area contributed by atoms with Crippen molar-refractivity contribution in [3.63, 3.8) is 0 Å². The molecular formula is C19H20N2O4S. The third kappa shape index (κ3) is 4.29. The van der Waals surface area contributed by atoms with Crippen molar-refractivity contribution in [2.24, 2.45) is 0 Å². The molecule has 3 rings (SSSR count). The average Bonchev–Trinajstić information content (AvgIpc) is 3.14. The fourth-order valence-corrected chi connectivity index (χ4v) is 3.81. The van der Waals surface area contributed by atoms with Crippen LogP contribution < -0.4 is 5.32 Å². The number of thiophene rings is 1. The molecule has 0 saturated carbocycles. The van der Waals surface area contributed by atoms with E-state index in [1.54, 1.807) is 24.3 Å². The maximum Gasteiger partial charge on any atom is 0.326 e. The molecule has 1 aromatic carbocycles. The Morgan fingerprint density at radius 1 is 1.19 bits per heavy atom. The van der Waals surface area contributed by atoms with E-state index in [1.165, 1.54) is 16.2 Å². The zero-order valence-corrected chi connectivity index (χ0v) is 15.0. The monoisotopic (exact) mass is 372 g/mol. The Hall–Kier alpha value is -2.67. The quantitative estimate of drug-likeness (QED) is 0.845. The SMILES string of the molecule is O=C(Cc1cccs1)Nc1cccc(C(=O)N2CCCCC2C(=O)O)c1. The molecule has 0 radical (unpaired) electrons. The van der Waals surface area contributed by atoms with Gasteiger partial charge in [-0.1, -0.05) is 12.1 Å². The second-order valence-electron chi connectivity index (χ2n) is 6.23. The van der Waals surface area contributed by atoms with Gasteiger partial charge in [0, 0.05) is 22.7 Å². The molecule has 1 fully saturated rings. The number of carboxylic acid groups (broad SMARTS) is 1. The van der Waals surface area contributed by atoms with Crippen LogP contribution in [0.15, 0.2) is 41.8 Å². The maximum atomic E-state index is 12.8. The highest BCUT2D eigenvalue weighted by molar-refractivity contribution is 7.10. The number of rotatable bonds is 5. The average molecular weight is 372 g/mol. The Labute approximate surface area is 155 Å². The van der Waals surface area contributed by atoms with Crippen molar-refractivity contribution < 1.29 is 19.5 Å². The molecule has 1 atom stereocenters. The molecule has 136 valence electrons. The number of nitrogens with one attached hydrogen (secondary N) is 1. The summed E-state index contributed by atoms with van der Waals surface area (Å²) in [7, 11) is 0. The highest BCUT2D eigenvalue weighted by atomic mass is 32.1. The molecule has 1 unspecified atom stereocenters. The van der Waals surface area contributed by atoms with Gasteiger partial charge in [-0.2, -0.15) is 0 Å². The molecule has 2 amide bonds. The number of hydrogen-bond donors (Lipinski definition) is 2. The van der Waals surface area contributed by atoms with Crippen LogP contribution in [-0.4, -0.2) is 40.4 Å². The lowest BCUT2D eigenvalue weighted by Gasteiger charge is -2.33. The number of nitrogens with zero attached hydrogens (tertiary/aromatic N) is 1. The number of benzene rings is 1. The van der Waals surface area contributed by atoms with Gasteiger partial charge in [0.1, 0.15) is 6.04 Å². The molecule has 7 heteroatoms. The summed E-state index contributed by atoms with van der Waals surface area (Å²) in [5.41, 5.74) is 0.911. The largest absolute Gasteiger partial charge is 0.480 e. The summed E-state index contributed by atoms with van der Waals surface area (Å²) in [6.07, 6.45) is 2.35. The van der Waals surface area contributed by atoms with Gasteiger partial charge in [0.05, 0.1) is 6.42 Å². The molecule has 1 aromatic heterocycles. The fourth-order valence-electron chi connectivity index (χ4n) is 3.10. The van der Waals surface area contributed by atoms with Gasteiger partial charge in [-0.05, 0) is 48.9 Å². The van der Waals surface area contributed by atoms with Crippen molar-refractivity contribution in [1.82, 2.24) is 4.90 Å². The third-order valence-electron chi connectivity index (χ3n) is 4.36. The molecule has 1 aliphatic rings. The lowest BCUT2D eigenvalue weighted by atomic mass is 10.0. The predicted molar refractivity (Wildman–Crippen MR) is 99.4 cm³/mol. The van der Waals surface area contributed by atoms with Crippen LogP contribution in [0.1, 0.15) is 34.5 Å². The Kier molecular flexibility index (Phi) is 5.68. The minimum atomic E-state index is -0.974. The zero-order chi connectivity index (χ0) is 18.5. The van der Waals surface area contributed by atoms with Crippen LogP contribution in [0.4, 0.5) is 5.69 Å². The predicted octanol–water partition coefficient (Wildman–Crippen LogP) is 3.01. The number of aliphatic carboxylic acids is 1. The van der Waals surface area contributed by atoms with Crippen molar-refractivity contribution in [3.8, 4) is 0 Å². The number of piperidine rings is 1. The van der Waals surface area contributed by atoms with Crippen molar-refractivity contribution in [2.45, 2.75) is 31.7 Å². The first-order valence-corrected chi connectivity index (χ1v) is 9.38. The first kappa shape index (κ1) is 18.1. The van der Waals surface area contributed by atoms with Crippen LogP contribution in [0, 0.1) is 0 Å². The minimum absolute atomic E-state index is 0.154. The zero-order valence-electron chi connectivity index (χ0n) is 14.2. The van der Waals surface area contributed by atoms with Gasteiger partial charge in [-0.25, -0.2) is 4.79 Å². The van der Waals surface area contributed by atoms with Crippen molar-refractivity contribution in [3.05, 3.63) is 52.2 Å².